The Morgan fingerprint density at radius 3 is 2.33 bits per heavy atom. The van der Waals surface area contributed by atoms with Gasteiger partial charge in [-0.1, -0.05) is 11.8 Å². The molecule has 2 heteroatoms. The summed E-state index contributed by atoms with van der Waals surface area (Å²) in [7, 11) is 0. The first-order valence-electron chi connectivity index (χ1n) is 5.52. The summed E-state index contributed by atoms with van der Waals surface area (Å²) in [5.74, 6) is 5.62. The predicted molar refractivity (Wildman–Crippen MR) is 68.9 cm³/mol. The van der Waals surface area contributed by atoms with Crippen LogP contribution >= 0.6 is 0 Å². The highest BCUT2D eigenvalue weighted by atomic mass is 19.1. The van der Waals surface area contributed by atoms with Crippen LogP contribution in [0.2, 0.25) is 0 Å². The zero-order chi connectivity index (χ0) is 13.0. The summed E-state index contributed by atoms with van der Waals surface area (Å²) in [5.41, 5.74) is 3.12. The van der Waals surface area contributed by atoms with Gasteiger partial charge in [-0.15, -0.1) is 0 Å². The molecule has 2 aromatic carbocycles. The second-order valence-electron chi connectivity index (χ2n) is 4.01. The van der Waals surface area contributed by atoms with Crippen LogP contribution in [0.15, 0.2) is 42.5 Å². The van der Waals surface area contributed by atoms with Crippen molar-refractivity contribution < 1.29 is 9.18 Å². The van der Waals surface area contributed by atoms with Crippen LogP contribution in [-0.4, -0.2) is 6.29 Å². The van der Waals surface area contributed by atoms with E-state index in [-0.39, 0.29) is 5.82 Å². The van der Waals surface area contributed by atoms with Crippen LogP contribution in [0.3, 0.4) is 0 Å². The van der Waals surface area contributed by atoms with E-state index in [4.69, 9.17) is 0 Å². The smallest absolute Gasteiger partial charge is 0.150 e. The molecule has 18 heavy (non-hydrogen) atoms. The Balaban J connectivity index is 2.32. The Hall–Kier alpha value is -2.40. The fourth-order valence-corrected chi connectivity index (χ4v) is 1.63. The third-order valence-corrected chi connectivity index (χ3v) is 2.43. The Morgan fingerprint density at radius 1 is 1.00 bits per heavy atom. The minimum Gasteiger partial charge on any atom is -0.298 e. The first-order chi connectivity index (χ1) is 8.67. The first-order valence-corrected chi connectivity index (χ1v) is 5.52. The average molecular weight is 238 g/mol. The van der Waals surface area contributed by atoms with Gasteiger partial charge >= 0.3 is 0 Å². The van der Waals surface area contributed by atoms with Crippen molar-refractivity contribution >= 4 is 6.29 Å². The molecule has 0 unspecified atom stereocenters. The maximum Gasteiger partial charge on any atom is 0.150 e. The van der Waals surface area contributed by atoms with Gasteiger partial charge in [-0.05, 0) is 55.0 Å². The standard InChI is InChI=1S/C16H11FO/c1-12-8-14(10-15(9-12)11-18)3-2-13-4-6-16(17)7-5-13/h4-11H,1H3. The summed E-state index contributed by atoms with van der Waals surface area (Å²) in [6, 6.07) is 11.4. The first kappa shape index (κ1) is 12.1. The molecule has 0 bridgehead atoms. The monoisotopic (exact) mass is 238 g/mol. The van der Waals surface area contributed by atoms with Gasteiger partial charge in [0.1, 0.15) is 12.1 Å². The second kappa shape index (κ2) is 5.29. The number of hydrogen-bond donors (Lipinski definition) is 0. The number of rotatable bonds is 1. The van der Waals surface area contributed by atoms with Crippen molar-refractivity contribution in [3.63, 3.8) is 0 Å². The summed E-state index contributed by atoms with van der Waals surface area (Å²) in [6.45, 7) is 1.91. The van der Waals surface area contributed by atoms with Crippen LogP contribution < -0.4 is 0 Å². The van der Waals surface area contributed by atoms with Crippen LogP contribution in [-0.2, 0) is 0 Å². The number of hydrogen-bond acceptors (Lipinski definition) is 1. The van der Waals surface area contributed by atoms with Crippen molar-refractivity contribution in [3.8, 4) is 11.8 Å². The molecule has 2 aromatic rings. The number of aryl methyl sites for hydroxylation is 1. The van der Waals surface area contributed by atoms with Gasteiger partial charge < -0.3 is 0 Å². The van der Waals surface area contributed by atoms with E-state index in [0.717, 1.165) is 23.0 Å². The Kier molecular flexibility index (Phi) is 3.54. The van der Waals surface area contributed by atoms with Crippen molar-refractivity contribution in [2.24, 2.45) is 0 Å². The van der Waals surface area contributed by atoms with Gasteiger partial charge in [-0.3, -0.25) is 4.79 Å². The summed E-state index contributed by atoms with van der Waals surface area (Å²) in [5, 5.41) is 0. The minimum absolute atomic E-state index is 0.278. The maximum atomic E-state index is 12.7. The summed E-state index contributed by atoms with van der Waals surface area (Å²) >= 11 is 0. The highest BCUT2D eigenvalue weighted by molar-refractivity contribution is 5.76. The quantitative estimate of drug-likeness (QED) is 0.550. The van der Waals surface area contributed by atoms with Gasteiger partial charge in [0.25, 0.3) is 0 Å². The Bertz CT molecular complexity index is 630. The molecule has 1 nitrogen and oxygen atoms in total. The van der Waals surface area contributed by atoms with Gasteiger partial charge in [-0.2, -0.15) is 0 Å². The lowest BCUT2D eigenvalue weighted by Gasteiger charge is -1.96. The number of carbonyl (C=O) groups excluding carboxylic acids is 1. The molecule has 2 rings (SSSR count). The average Bonchev–Trinajstić information content (AvgIpc) is 2.37. The van der Waals surface area contributed by atoms with E-state index < -0.39 is 0 Å². The van der Waals surface area contributed by atoms with Crippen molar-refractivity contribution in [2.45, 2.75) is 6.92 Å². The van der Waals surface area contributed by atoms with Crippen molar-refractivity contribution in [2.75, 3.05) is 0 Å². The third-order valence-electron chi connectivity index (χ3n) is 2.43. The lowest BCUT2D eigenvalue weighted by Crippen LogP contribution is -1.85. The molecule has 0 aliphatic heterocycles. The molecule has 0 radical (unpaired) electrons. The lowest BCUT2D eigenvalue weighted by atomic mass is 10.1. The number of carbonyl (C=O) groups is 1. The van der Waals surface area contributed by atoms with Gasteiger partial charge in [-0.25, -0.2) is 4.39 Å². The van der Waals surface area contributed by atoms with Gasteiger partial charge in [0.15, 0.2) is 0 Å². The van der Waals surface area contributed by atoms with Crippen LogP contribution in [0.4, 0.5) is 4.39 Å². The lowest BCUT2D eigenvalue weighted by molar-refractivity contribution is 0.112. The molecular weight excluding hydrogens is 227 g/mol. The molecule has 0 aromatic heterocycles. The number of halogens is 1. The highest BCUT2D eigenvalue weighted by Crippen LogP contribution is 2.07. The topological polar surface area (TPSA) is 17.1 Å². The number of aldehydes is 1. The normalized spacial score (nSPS) is 9.44. The molecule has 0 N–H and O–H groups in total. The van der Waals surface area contributed by atoms with Gasteiger partial charge in [0.2, 0.25) is 0 Å². The largest absolute Gasteiger partial charge is 0.298 e. The molecule has 0 saturated carbocycles. The molecule has 0 aliphatic carbocycles. The number of benzene rings is 2. The van der Waals surface area contributed by atoms with Crippen molar-refractivity contribution in [1.29, 1.82) is 0 Å². The molecule has 0 fully saturated rings. The van der Waals surface area contributed by atoms with E-state index in [2.05, 4.69) is 11.8 Å². The third kappa shape index (κ3) is 3.05. The summed E-state index contributed by atoms with van der Waals surface area (Å²) in [6.07, 6.45) is 0.802. The van der Waals surface area contributed by atoms with Crippen LogP contribution in [0.5, 0.6) is 0 Å². The molecule has 0 heterocycles. The molecule has 0 amide bonds. The summed E-state index contributed by atoms with van der Waals surface area (Å²) < 4.78 is 12.7. The van der Waals surface area contributed by atoms with E-state index in [0.29, 0.717) is 5.56 Å². The molecule has 88 valence electrons. The Labute approximate surface area is 105 Å². The van der Waals surface area contributed by atoms with E-state index in [1.165, 1.54) is 12.1 Å². The minimum atomic E-state index is -0.278. The van der Waals surface area contributed by atoms with Crippen molar-refractivity contribution in [3.05, 3.63) is 70.5 Å². The van der Waals surface area contributed by atoms with Gasteiger partial charge in [0.05, 0.1) is 0 Å². The predicted octanol–water partition coefficient (Wildman–Crippen LogP) is 3.35. The van der Waals surface area contributed by atoms with Crippen LogP contribution in [0.25, 0.3) is 0 Å². The molecule has 0 atom stereocenters. The SMILES string of the molecule is Cc1cc(C#Cc2ccc(F)cc2)cc(C=O)c1. The van der Waals surface area contributed by atoms with Crippen molar-refractivity contribution in [1.82, 2.24) is 0 Å². The summed E-state index contributed by atoms with van der Waals surface area (Å²) in [4.78, 5) is 10.7. The maximum absolute atomic E-state index is 12.7. The van der Waals surface area contributed by atoms with Crippen LogP contribution in [0.1, 0.15) is 27.0 Å². The Morgan fingerprint density at radius 2 is 1.67 bits per heavy atom. The zero-order valence-electron chi connectivity index (χ0n) is 9.91. The molecule has 0 aliphatic rings. The molecule has 0 saturated heterocycles. The van der Waals surface area contributed by atoms with E-state index >= 15 is 0 Å². The second-order valence-corrected chi connectivity index (χ2v) is 4.01. The van der Waals surface area contributed by atoms with Gasteiger partial charge in [0, 0.05) is 16.7 Å². The molecular formula is C16H11FO. The van der Waals surface area contributed by atoms with E-state index in [9.17, 15) is 9.18 Å². The highest BCUT2D eigenvalue weighted by Gasteiger charge is 1.95. The van der Waals surface area contributed by atoms with E-state index in [1.807, 2.05) is 13.0 Å². The fraction of sp³-hybridized carbons (Fsp3) is 0.0625. The molecule has 0 spiro atoms. The zero-order valence-corrected chi connectivity index (χ0v) is 9.91. The fourth-order valence-electron chi connectivity index (χ4n) is 1.63. The van der Waals surface area contributed by atoms with Crippen LogP contribution in [0, 0.1) is 24.6 Å². The van der Waals surface area contributed by atoms with E-state index in [1.54, 1.807) is 24.3 Å².